The second-order valence-electron chi connectivity index (χ2n) is 4.82. The van der Waals surface area contributed by atoms with Crippen molar-refractivity contribution in [1.82, 2.24) is 20.5 Å². The van der Waals surface area contributed by atoms with Crippen LogP contribution in [0.4, 0.5) is 5.95 Å². The lowest BCUT2D eigenvalue weighted by Gasteiger charge is -2.30. The second kappa shape index (κ2) is 4.62. The Morgan fingerprint density at radius 3 is 3.18 bits per heavy atom. The van der Waals surface area contributed by atoms with E-state index >= 15 is 0 Å². The van der Waals surface area contributed by atoms with E-state index < -0.39 is 0 Å². The van der Waals surface area contributed by atoms with Crippen molar-refractivity contribution in [2.45, 2.75) is 31.9 Å². The van der Waals surface area contributed by atoms with E-state index in [2.05, 4.69) is 32.3 Å². The first-order chi connectivity index (χ1) is 8.33. The van der Waals surface area contributed by atoms with Gasteiger partial charge in [0.05, 0.1) is 0 Å². The van der Waals surface area contributed by atoms with E-state index in [1.165, 1.54) is 0 Å². The monoisotopic (exact) mass is 237 g/mol. The molecule has 0 spiro atoms. The van der Waals surface area contributed by atoms with Crippen LogP contribution in [0.5, 0.6) is 0 Å². The summed E-state index contributed by atoms with van der Waals surface area (Å²) in [5.74, 6) is 1.69. The molecule has 0 radical (unpaired) electrons. The summed E-state index contributed by atoms with van der Waals surface area (Å²) in [4.78, 5) is 6.78. The Hall–Kier alpha value is -1.14. The largest absolute Gasteiger partial charge is 0.370 e. The number of aromatic nitrogens is 3. The summed E-state index contributed by atoms with van der Waals surface area (Å²) in [5.41, 5.74) is 0. The minimum Gasteiger partial charge on any atom is -0.370 e. The molecule has 1 aromatic rings. The van der Waals surface area contributed by atoms with Crippen LogP contribution in [-0.4, -0.2) is 47.5 Å². The Labute approximate surface area is 101 Å². The zero-order chi connectivity index (χ0) is 11.7. The molecule has 2 N–H and O–H groups in total. The fourth-order valence-corrected chi connectivity index (χ4v) is 2.46. The van der Waals surface area contributed by atoms with Gasteiger partial charge >= 0.3 is 0 Å². The van der Waals surface area contributed by atoms with Gasteiger partial charge in [-0.2, -0.15) is 4.98 Å². The van der Waals surface area contributed by atoms with Crippen molar-refractivity contribution in [3.8, 4) is 0 Å². The van der Waals surface area contributed by atoms with E-state index in [4.69, 9.17) is 4.74 Å². The van der Waals surface area contributed by atoms with Crippen LogP contribution in [-0.2, 0) is 4.74 Å². The Bertz CT molecular complexity index is 374. The fraction of sp³-hybridized carbons (Fsp3) is 0.818. The van der Waals surface area contributed by atoms with E-state index in [1.807, 2.05) is 0 Å². The molecule has 0 bridgehead atoms. The van der Waals surface area contributed by atoms with Crippen molar-refractivity contribution in [3.05, 3.63) is 5.82 Å². The number of H-pyrrole nitrogens is 1. The van der Waals surface area contributed by atoms with Crippen LogP contribution < -0.4 is 10.2 Å². The van der Waals surface area contributed by atoms with Gasteiger partial charge in [0.1, 0.15) is 6.10 Å². The number of piperazine rings is 1. The molecule has 2 atom stereocenters. The van der Waals surface area contributed by atoms with E-state index in [0.29, 0.717) is 6.04 Å². The summed E-state index contributed by atoms with van der Waals surface area (Å²) in [6, 6.07) is 0.494. The number of hydrogen-bond acceptors (Lipinski definition) is 5. The van der Waals surface area contributed by atoms with Gasteiger partial charge < -0.3 is 15.0 Å². The van der Waals surface area contributed by atoms with Crippen molar-refractivity contribution in [3.63, 3.8) is 0 Å². The fourth-order valence-electron chi connectivity index (χ4n) is 2.46. The third-order valence-electron chi connectivity index (χ3n) is 3.38. The minimum absolute atomic E-state index is 0.122. The summed E-state index contributed by atoms with van der Waals surface area (Å²) in [6.07, 6.45) is 2.29. The highest BCUT2D eigenvalue weighted by Gasteiger charge is 2.24. The molecule has 94 valence electrons. The number of hydrogen-bond donors (Lipinski definition) is 2. The van der Waals surface area contributed by atoms with Gasteiger partial charge in [-0.1, -0.05) is 0 Å². The number of nitrogens with one attached hydrogen (secondary N) is 2. The van der Waals surface area contributed by atoms with E-state index in [1.54, 1.807) is 0 Å². The molecule has 1 aromatic heterocycles. The van der Waals surface area contributed by atoms with Crippen molar-refractivity contribution >= 4 is 5.95 Å². The normalized spacial score (nSPS) is 29.8. The first-order valence-electron chi connectivity index (χ1n) is 6.35. The average molecular weight is 237 g/mol. The molecule has 1 unspecified atom stereocenters. The highest BCUT2D eigenvalue weighted by Crippen LogP contribution is 2.26. The van der Waals surface area contributed by atoms with Gasteiger partial charge in [0.15, 0.2) is 5.82 Å². The second-order valence-corrected chi connectivity index (χ2v) is 4.82. The topological polar surface area (TPSA) is 66.1 Å². The number of ether oxygens (including phenoxy) is 1. The zero-order valence-corrected chi connectivity index (χ0v) is 10.1. The van der Waals surface area contributed by atoms with Crippen LogP contribution in [0.3, 0.4) is 0 Å². The standard InChI is InChI=1S/C11H19N5O/c1-8-7-16(5-4-12-8)11-13-10(14-15-11)9-3-2-6-17-9/h8-9,12H,2-7H2,1H3,(H,13,14,15)/t8-,9?/m0/s1. The number of rotatable bonds is 2. The average Bonchev–Trinajstić information content (AvgIpc) is 3.00. The quantitative estimate of drug-likeness (QED) is 0.782. The Kier molecular flexibility index (Phi) is 2.98. The molecule has 17 heavy (non-hydrogen) atoms. The maximum absolute atomic E-state index is 5.60. The maximum Gasteiger partial charge on any atom is 0.244 e. The number of aromatic amines is 1. The van der Waals surface area contributed by atoms with E-state index in [-0.39, 0.29) is 6.10 Å². The predicted octanol–water partition coefficient (Wildman–Crippen LogP) is 0.454. The van der Waals surface area contributed by atoms with Crippen LogP contribution >= 0.6 is 0 Å². The molecule has 3 rings (SSSR count). The molecule has 6 heteroatoms. The molecule has 0 aliphatic carbocycles. The lowest BCUT2D eigenvalue weighted by molar-refractivity contribution is 0.105. The summed E-state index contributed by atoms with van der Waals surface area (Å²) >= 11 is 0. The Morgan fingerprint density at radius 1 is 1.47 bits per heavy atom. The zero-order valence-electron chi connectivity index (χ0n) is 10.1. The van der Waals surface area contributed by atoms with Crippen molar-refractivity contribution in [2.75, 3.05) is 31.1 Å². The molecule has 0 amide bonds. The van der Waals surface area contributed by atoms with Crippen LogP contribution in [0.15, 0.2) is 0 Å². The first kappa shape index (κ1) is 11.0. The molecular weight excluding hydrogens is 218 g/mol. The van der Waals surface area contributed by atoms with E-state index in [0.717, 1.165) is 50.9 Å². The smallest absolute Gasteiger partial charge is 0.244 e. The first-order valence-corrected chi connectivity index (χ1v) is 6.35. The van der Waals surface area contributed by atoms with Crippen molar-refractivity contribution in [2.24, 2.45) is 0 Å². The SMILES string of the molecule is C[C@H]1CN(c2n[nH]c(C3CCCO3)n2)CCN1. The van der Waals surface area contributed by atoms with Gasteiger partial charge in [0.25, 0.3) is 0 Å². The van der Waals surface area contributed by atoms with Gasteiger partial charge in [-0.05, 0) is 19.8 Å². The third-order valence-corrected chi connectivity index (χ3v) is 3.38. The lowest BCUT2D eigenvalue weighted by atomic mass is 10.2. The van der Waals surface area contributed by atoms with E-state index in [9.17, 15) is 0 Å². The maximum atomic E-state index is 5.60. The van der Waals surface area contributed by atoms with Gasteiger partial charge in [-0.3, -0.25) is 5.10 Å². The van der Waals surface area contributed by atoms with Gasteiger partial charge in [0, 0.05) is 32.3 Å². The number of anilines is 1. The minimum atomic E-state index is 0.122. The van der Waals surface area contributed by atoms with Gasteiger partial charge in [-0.15, -0.1) is 5.10 Å². The van der Waals surface area contributed by atoms with Gasteiger partial charge in [0.2, 0.25) is 5.95 Å². The van der Waals surface area contributed by atoms with Crippen molar-refractivity contribution in [1.29, 1.82) is 0 Å². The highest BCUT2D eigenvalue weighted by molar-refractivity contribution is 5.30. The molecule has 2 fully saturated rings. The Balaban J connectivity index is 1.70. The van der Waals surface area contributed by atoms with Crippen LogP contribution in [0.2, 0.25) is 0 Å². The molecule has 0 saturated carbocycles. The van der Waals surface area contributed by atoms with Crippen LogP contribution in [0, 0.1) is 0 Å². The molecule has 3 heterocycles. The Morgan fingerprint density at radius 2 is 2.41 bits per heavy atom. The highest BCUT2D eigenvalue weighted by atomic mass is 16.5. The molecule has 2 saturated heterocycles. The molecular formula is C11H19N5O. The summed E-state index contributed by atoms with van der Waals surface area (Å²) in [5, 5.41) is 10.7. The summed E-state index contributed by atoms with van der Waals surface area (Å²) < 4.78 is 5.60. The molecule has 6 nitrogen and oxygen atoms in total. The molecule has 2 aliphatic heterocycles. The summed E-state index contributed by atoms with van der Waals surface area (Å²) in [7, 11) is 0. The molecule has 0 aromatic carbocycles. The molecule has 2 aliphatic rings. The van der Waals surface area contributed by atoms with Crippen LogP contribution in [0.25, 0.3) is 0 Å². The lowest BCUT2D eigenvalue weighted by Crippen LogP contribution is -2.49. The summed E-state index contributed by atoms with van der Waals surface area (Å²) in [6.45, 7) is 5.94. The predicted molar refractivity (Wildman–Crippen MR) is 64.0 cm³/mol. The van der Waals surface area contributed by atoms with Gasteiger partial charge in [-0.25, -0.2) is 0 Å². The van der Waals surface area contributed by atoms with Crippen molar-refractivity contribution < 1.29 is 4.74 Å². The third kappa shape index (κ3) is 2.28. The van der Waals surface area contributed by atoms with Crippen LogP contribution in [0.1, 0.15) is 31.7 Å². The number of nitrogens with zero attached hydrogens (tertiary/aromatic N) is 3.